The van der Waals surface area contributed by atoms with Crippen LogP contribution < -0.4 is 10.2 Å². The molecule has 0 aliphatic carbocycles. The first-order chi connectivity index (χ1) is 11.6. The molecule has 0 radical (unpaired) electrons. The molecule has 0 spiro atoms. The number of amides is 1. The van der Waals surface area contributed by atoms with Gasteiger partial charge in [0.05, 0.1) is 11.0 Å². The van der Waals surface area contributed by atoms with E-state index in [0.29, 0.717) is 25.3 Å². The number of nitro groups is 1. The number of alkyl halides is 1. The predicted octanol–water partition coefficient (Wildman–Crippen LogP) is 2.16. The molecule has 1 fully saturated rings. The van der Waals surface area contributed by atoms with Crippen LogP contribution in [0.2, 0.25) is 0 Å². The topological polar surface area (TPSA) is 103 Å². The van der Waals surface area contributed by atoms with Crippen molar-refractivity contribution in [2.75, 3.05) is 18.0 Å². The number of hydrogen-bond donors (Lipinski definition) is 1. The van der Waals surface area contributed by atoms with E-state index in [1.54, 1.807) is 32.7 Å². The monoisotopic (exact) mass is 357 g/mol. The molecule has 1 aromatic rings. The molecule has 1 N–H and O–H groups in total. The molecule has 10 heteroatoms. The highest BCUT2D eigenvalue weighted by atomic mass is 19.1. The molecular formula is C15H24FN5O4. The summed E-state index contributed by atoms with van der Waals surface area (Å²) >= 11 is 0. The van der Waals surface area contributed by atoms with Crippen molar-refractivity contribution in [3.8, 4) is 0 Å². The Balaban J connectivity index is 2.07. The van der Waals surface area contributed by atoms with Gasteiger partial charge >= 0.3 is 11.8 Å². The van der Waals surface area contributed by atoms with E-state index >= 15 is 0 Å². The molecule has 2 atom stereocenters. The molecule has 1 aromatic heterocycles. The lowest BCUT2D eigenvalue weighted by atomic mass is 10.1. The summed E-state index contributed by atoms with van der Waals surface area (Å²) in [4.78, 5) is 24.3. The van der Waals surface area contributed by atoms with Crippen LogP contribution in [0.25, 0.3) is 0 Å². The van der Waals surface area contributed by atoms with Crippen LogP contribution in [0.1, 0.15) is 33.6 Å². The third-order valence-corrected chi connectivity index (χ3v) is 3.91. The Hall–Kier alpha value is -2.39. The number of aromatic nitrogens is 2. The van der Waals surface area contributed by atoms with Gasteiger partial charge in [-0.25, -0.2) is 13.9 Å². The van der Waals surface area contributed by atoms with Crippen molar-refractivity contribution in [1.82, 2.24) is 15.1 Å². The second-order valence-corrected chi connectivity index (χ2v) is 7.07. The highest BCUT2D eigenvalue weighted by Gasteiger charge is 2.32. The number of nitrogens with zero attached hydrogens (tertiary/aromatic N) is 4. The van der Waals surface area contributed by atoms with E-state index in [9.17, 15) is 19.3 Å². The van der Waals surface area contributed by atoms with Crippen LogP contribution in [0.3, 0.4) is 0 Å². The molecule has 140 valence electrons. The standard InChI is InChI=1S/C15H24FN5O4/c1-15(2,3)25-14(22)18-11-6-8-20(7-5-10(11)16)13-12(21(23)24)9-17-19(13)4/h9-11H,5-8H2,1-4H3,(H,18,22). The number of anilines is 1. The summed E-state index contributed by atoms with van der Waals surface area (Å²) in [6, 6.07) is -0.702. The first-order valence-electron chi connectivity index (χ1n) is 8.13. The molecule has 2 heterocycles. The molecule has 1 amide bonds. The number of aryl methyl sites for hydroxylation is 1. The lowest BCUT2D eigenvalue weighted by Gasteiger charge is -2.24. The molecule has 0 aromatic carbocycles. The van der Waals surface area contributed by atoms with Crippen molar-refractivity contribution >= 4 is 17.6 Å². The summed E-state index contributed by atoms with van der Waals surface area (Å²) in [7, 11) is 1.61. The van der Waals surface area contributed by atoms with Gasteiger partial charge in [-0.1, -0.05) is 0 Å². The Labute approximate surface area is 145 Å². The van der Waals surface area contributed by atoms with Gasteiger partial charge in [-0.15, -0.1) is 0 Å². The van der Waals surface area contributed by atoms with E-state index in [0.717, 1.165) is 0 Å². The number of carbonyl (C=O) groups is 1. The van der Waals surface area contributed by atoms with Crippen molar-refractivity contribution in [2.45, 2.75) is 51.4 Å². The van der Waals surface area contributed by atoms with Crippen LogP contribution in [-0.2, 0) is 11.8 Å². The van der Waals surface area contributed by atoms with Gasteiger partial charge in [0.1, 0.15) is 18.0 Å². The van der Waals surface area contributed by atoms with Crippen LogP contribution in [0.15, 0.2) is 6.20 Å². The molecule has 9 nitrogen and oxygen atoms in total. The molecule has 2 rings (SSSR count). The summed E-state index contributed by atoms with van der Waals surface area (Å²) in [5.74, 6) is 0.343. The lowest BCUT2D eigenvalue weighted by molar-refractivity contribution is -0.384. The Bertz CT molecular complexity index is 642. The van der Waals surface area contributed by atoms with Crippen LogP contribution in [0.5, 0.6) is 0 Å². The fraction of sp³-hybridized carbons (Fsp3) is 0.733. The molecule has 1 aliphatic rings. The summed E-state index contributed by atoms with van der Waals surface area (Å²) < 4.78 is 21.0. The Morgan fingerprint density at radius 2 is 2.08 bits per heavy atom. The number of nitrogens with one attached hydrogen (secondary N) is 1. The van der Waals surface area contributed by atoms with Gasteiger partial charge in [-0.05, 0) is 33.6 Å². The first-order valence-corrected chi connectivity index (χ1v) is 8.13. The van der Waals surface area contributed by atoms with Crippen molar-refractivity contribution in [1.29, 1.82) is 0 Å². The second-order valence-electron chi connectivity index (χ2n) is 7.07. The average molecular weight is 357 g/mol. The van der Waals surface area contributed by atoms with Gasteiger partial charge in [-0.3, -0.25) is 10.1 Å². The molecule has 0 bridgehead atoms. The van der Waals surface area contributed by atoms with Gasteiger partial charge in [0.25, 0.3) is 0 Å². The predicted molar refractivity (Wildman–Crippen MR) is 89.4 cm³/mol. The van der Waals surface area contributed by atoms with Crippen molar-refractivity contribution in [3.63, 3.8) is 0 Å². The first kappa shape index (κ1) is 18.9. The number of rotatable bonds is 3. The lowest BCUT2D eigenvalue weighted by Crippen LogP contribution is -2.44. The number of alkyl carbamates (subject to hydrolysis) is 1. The van der Waals surface area contributed by atoms with Gasteiger partial charge < -0.3 is 15.0 Å². The molecule has 1 saturated heterocycles. The third kappa shape index (κ3) is 4.80. The minimum atomic E-state index is -1.26. The van der Waals surface area contributed by atoms with Gasteiger partial charge in [0, 0.05) is 20.1 Å². The third-order valence-electron chi connectivity index (χ3n) is 3.91. The number of carbonyl (C=O) groups excluding carboxylic acids is 1. The minimum absolute atomic E-state index is 0.114. The number of hydrogen-bond acceptors (Lipinski definition) is 6. The van der Waals surface area contributed by atoms with Gasteiger partial charge in [-0.2, -0.15) is 5.10 Å². The van der Waals surface area contributed by atoms with E-state index in [4.69, 9.17) is 4.74 Å². The zero-order valence-electron chi connectivity index (χ0n) is 14.9. The number of halogens is 1. The second kappa shape index (κ2) is 7.24. The van der Waals surface area contributed by atoms with Crippen molar-refractivity contribution in [3.05, 3.63) is 16.3 Å². The Kier molecular flexibility index (Phi) is 5.48. The van der Waals surface area contributed by atoms with Crippen LogP contribution >= 0.6 is 0 Å². The molecule has 2 unspecified atom stereocenters. The van der Waals surface area contributed by atoms with Gasteiger partial charge in [0.15, 0.2) is 0 Å². The van der Waals surface area contributed by atoms with Crippen molar-refractivity contribution in [2.24, 2.45) is 7.05 Å². The maximum atomic E-state index is 14.4. The maximum Gasteiger partial charge on any atom is 0.407 e. The highest BCUT2D eigenvalue weighted by molar-refractivity contribution is 5.68. The van der Waals surface area contributed by atoms with E-state index in [1.807, 2.05) is 0 Å². The molecule has 25 heavy (non-hydrogen) atoms. The fourth-order valence-corrected chi connectivity index (χ4v) is 2.82. The zero-order valence-corrected chi connectivity index (χ0v) is 14.9. The molecule has 1 aliphatic heterocycles. The average Bonchev–Trinajstić information content (AvgIpc) is 2.77. The summed E-state index contributed by atoms with van der Waals surface area (Å²) in [5, 5.41) is 17.6. The van der Waals surface area contributed by atoms with E-state index in [1.165, 1.54) is 10.9 Å². The van der Waals surface area contributed by atoms with Crippen LogP contribution in [0.4, 0.5) is 20.7 Å². The highest BCUT2D eigenvalue weighted by Crippen LogP contribution is 2.29. The largest absolute Gasteiger partial charge is 0.444 e. The molecular weight excluding hydrogens is 333 g/mol. The summed E-state index contributed by atoms with van der Waals surface area (Å²) in [6.45, 7) is 5.86. The quantitative estimate of drug-likeness (QED) is 0.657. The van der Waals surface area contributed by atoms with Crippen molar-refractivity contribution < 1.29 is 18.8 Å². The molecule has 0 saturated carbocycles. The smallest absolute Gasteiger partial charge is 0.407 e. The van der Waals surface area contributed by atoms with Crippen LogP contribution in [-0.4, -0.2) is 51.7 Å². The SMILES string of the molecule is Cn1ncc([N+](=O)[O-])c1N1CCC(F)C(NC(=O)OC(C)(C)C)CC1. The summed E-state index contributed by atoms with van der Waals surface area (Å²) in [6.07, 6.45) is -0.292. The number of ether oxygens (including phenoxy) is 1. The Morgan fingerprint density at radius 3 is 2.68 bits per heavy atom. The normalized spacial score (nSPS) is 21.6. The summed E-state index contributed by atoms with van der Waals surface area (Å²) in [5.41, 5.74) is -0.779. The maximum absolute atomic E-state index is 14.4. The Morgan fingerprint density at radius 1 is 1.44 bits per heavy atom. The fourth-order valence-electron chi connectivity index (χ4n) is 2.82. The van der Waals surface area contributed by atoms with E-state index in [-0.39, 0.29) is 12.1 Å². The minimum Gasteiger partial charge on any atom is -0.444 e. The zero-order chi connectivity index (χ0) is 18.8. The van der Waals surface area contributed by atoms with E-state index < -0.39 is 28.8 Å². The van der Waals surface area contributed by atoms with E-state index in [2.05, 4.69) is 10.4 Å². The van der Waals surface area contributed by atoms with Crippen LogP contribution in [0, 0.1) is 10.1 Å². The van der Waals surface area contributed by atoms with Gasteiger partial charge in [0.2, 0.25) is 5.82 Å².